The number of amides is 2. The second kappa shape index (κ2) is 9.80. The predicted octanol–water partition coefficient (Wildman–Crippen LogP) is 4.73. The third-order valence-corrected chi connectivity index (χ3v) is 6.09. The van der Waals surface area contributed by atoms with Gasteiger partial charge >= 0.3 is 6.09 Å². The first-order chi connectivity index (χ1) is 15.6. The summed E-state index contributed by atoms with van der Waals surface area (Å²) in [5.74, 6) is -1.60. The van der Waals surface area contributed by atoms with E-state index in [2.05, 4.69) is 10.0 Å². The molecule has 0 spiro atoms. The molecule has 2 aromatic rings. The highest BCUT2D eigenvalue weighted by atomic mass is 19.1. The summed E-state index contributed by atoms with van der Waals surface area (Å²) in [6.45, 7) is 1.05. The maximum atomic E-state index is 13.7. The fourth-order valence-corrected chi connectivity index (χ4v) is 4.53. The number of ether oxygens (including phenoxy) is 2. The molecule has 2 aliphatic rings. The van der Waals surface area contributed by atoms with Gasteiger partial charge in [0.1, 0.15) is 24.5 Å². The lowest BCUT2D eigenvalue weighted by Gasteiger charge is -2.35. The van der Waals surface area contributed by atoms with Gasteiger partial charge in [0.25, 0.3) is 0 Å². The molecule has 3 atom stereocenters. The Morgan fingerprint density at radius 2 is 1.81 bits per heavy atom. The molecule has 0 saturated carbocycles. The van der Waals surface area contributed by atoms with Gasteiger partial charge in [0.2, 0.25) is 5.91 Å². The minimum Gasteiger partial charge on any atom is -0.446 e. The van der Waals surface area contributed by atoms with Crippen molar-refractivity contribution in [2.24, 2.45) is 11.0 Å². The van der Waals surface area contributed by atoms with Gasteiger partial charge in [0.15, 0.2) is 0 Å². The van der Waals surface area contributed by atoms with Gasteiger partial charge in [-0.05, 0) is 47.6 Å². The third-order valence-electron chi connectivity index (χ3n) is 6.09. The Kier molecular flexibility index (Phi) is 6.68. The summed E-state index contributed by atoms with van der Waals surface area (Å²) in [4.78, 5) is 30.3. The van der Waals surface area contributed by atoms with Crippen LogP contribution >= 0.6 is 0 Å². The van der Waals surface area contributed by atoms with Crippen LogP contribution in [-0.2, 0) is 14.3 Å². The first-order valence-corrected chi connectivity index (χ1v) is 10.5. The molecule has 2 aliphatic heterocycles. The summed E-state index contributed by atoms with van der Waals surface area (Å²) in [5.41, 5.74) is 10.7. The fourth-order valence-electron chi connectivity index (χ4n) is 4.53. The SMILES string of the molecule is [N-]=[N+]=N[C@H](C(=O)N1C(=O)OC[C@@H]1c1ccccc1)[C@@H](c1ccc(F)cc1)C1CCOCC1. The molecule has 8 nitrogen and oxygen atoms in total. The van der Waals surface area contributed by atoms with E-state index in [1.807, 2.05) is 30.3 Å². The van der Waals surface area contributed by atoms with E-state index in [0.717, 1.165) is 10.5 Å². The Labute approximate surface area is 184 Å². The molecule has 32 heavy (non-hydrogen) atoms. The van der Waals surface area contributed by atoms with Crippen molar-refractivity contribution in [3.8, 4) is 0 Å². The molecule has 0 radical (unpaired) electrons. The smallest absolute Gasteiger partial charge is 0.417 e. The average molecular weight is 438 g/mol. The molecule has 2 fully saturated rings. The van der Waals surface area contributed by atoms with E-state index in [-0.39, 0.29) is 12.5 Å². The van der Waals surface area contributed by atoms with Crippen LogP contribution in [-0.4, -0.2) is 42.8 Å². The van der Waals surface area contributed by atoms with Crippen molar-refractivity contribution in [3.63, 3.8) is 0 Å². The van der Waals surface area contributed by atoms with Crippen LogP contribution in [0.4, 0.5) is 9.18 Å². The molecule has 0 unspecified atom stereocenters. The number of imide groups is 1. The Morgan fingerprint density at radius 1 is 1.12 bits per heavy atom. The summed E-state index contributed by atoms with van der Waals surface area (Å²) in [6.07, 6.45) is 0.533. The molecule has 0 bridgehead atoms. The van der Waals surface area contributed by atoms with Gasteiger partial charge in [-0.2, -0.15) is 0 Å². The molecular formula is C23H23FN4O4. The average Bonchev–Trinajstić information content (AvgIpc) is 3.22. The first-order valence-electron chi connectivity index (χ1n) is 10.5. The minimum atomic E-state index is -1.19. The van der Waals surface area contributed by atoms with E-state index in [0.29, 0.717) is 31.6 Å². The predicted molar refractivity (Wildman–Crippen MR) is 113 cm³/mol. The Bertz CT molecular complexity index is 1000. The summed E-state index contributed by atoms with van der Waals surface area (Å²) in [7, 11) is 0. The molecule has 0 aliphatic carbocycles. The van der Waals surface area contributed by atoms with Crippen LogP contribution in [0.15, 0.2) is 59.7 Å². The number of hydrogen-bond donors (Lipinski definition) is 0. The third kappa shape index (κ3) is 4.44. The number of nitrogens with zero attached hydrogens (tertiary/aromatic N) is 4. The van der Waals surface area contributed by atoms with Gasteiger partial charge in [-0.1, -0.05) is 47.6 Å². The van der Waals surface area contributed by atoms with Gasteiger partial charge in [-0.3, -0.25) is 4.79 Å². The number of carbonyl (C=O) groups excluding carboxylic acids is 2. The number of carbonyl (C=O) groups is 2. The Morgan fingerprint density at radius 3 is 2.47 bits per heavy atom. The number of halogens is 1. The highest BCUT2D eigenvalue weighted by Crippen LogP contribution is 2.39. The van der Waals surface area contributed by atoms with E-state index in [1.54, 1.807) is 12.1 Å². The molecule has 2 amide bonds. The van der Waals surface area contributed by atoms with E-state index >= 15 is 0 Å². The topological polar surface area (TPSA) is 105 Å². The fraction of sp³-hybridized carbons (Fsp3) is 0.391. The van der Waals surface area contributed by atoms with Crippen molar-refractivity contribution >= 4 is 12.0 Å². The van der Waals surface area contributed by atoms with Crippen molar-refractivity contribution in [1.82, 2.24) is 4.90 Å². The molecule has 166 valence electrons. The summed E-state index contributed by atoms with van der Waals surface area (Å²) < 4.78 is 24.3. The van der Waals surface area contributed by atoms with Crippen LogP contribution < -0.4 is 0 Å². The van der Waals surface area contributed by atoms with Gasteiger partial charge in [-0.15, -0.1) is 0 Å². The summed E-state index contributed by atoms with van der Waals surface area (Å²) >= 11 is 0. The molecule has 0 N–H and O–H groups in total. The standard InChI is InChI=1S/C23H23FN4O4/c24-18-8-6-16(7-9-18)20(17-10-12-31-13-11-17)21(26-27-25)22(29)28-19(14-32-23(28)30)15-4-2-1-3-5-15/h1-9,17,19-21H,10-14H2/t19-,20+,21+/m1/s1. The monoisotopic (exact) mass is 438 g/mol. The lowest BCUT2D eigenvalue weighted by atomic mass is 9.76. The second-order valence-corrected chi connectivity index (χ2v) is 7.89. The lowest BCUT2D eigenvalue weighted by molar-refractivity contribution is -0.131. The summed E-state index contributed by atoms with van der Waals surface area (Å²) in [6, 6.07) is 13.1. The van der Waals surface area contributed by atoms with Crippen LogP contribution in [0.25, 0.3) is 10.4 Å². The molecular weight excluding hydrogens is 415 g/mol. The van der Waals surface area contributed by atoms with Crippen LogP contribution in [0, 0.1) is 11.7 Å². The number of cyclic esters (lactones) is 1. The molecule has 4 rings (SSSR count). The first kappa shape index (κ1) is 21.8. The van der Waals surface area contributed by atoms with Crippen molar-refractivity contribution in [1.29, 1.82) is 0 Å². The minimum absolute atomic E-state index is 0.0239. The number of rotatable bonds is 6. The van der Waals surface area contributed by atoms with Crippen molar-refractivity contribution in [3.05, 3.63) is 82.0 Å². The molecule has 2 heterocycles. The van der Waals surface area contributed by atoms with Crippen LogP contribution in [0.3, 0.4) is 0 Å². The zero-order chi connectivity index (χ0) is 22.5. The molecule has 2 aromatic carbocycles. The Balaban J connectivity index is 1.73. The second-order valence-electron chi connectivity index (χ2n) is 7.89. The highest BCUT2D eigenvalue weighted by molar-refractivity contribution is 5.97. The number of azide groups is 1. The van der Waals surface area contributed by atoms with Crippen molar-refractivity contribution < 1.29 is 23.5 Å². The van der Waals surface area contributed by atoms with Crippen molar-refractivity contribution in [2.45, 2.75) is 30.8 Å². The van der Waals surface area contributed by atoms with Crippen molar-refractivity contribution in [2.75, 3.05) is 19.8 Å². The number of hydrogen-bond acceptors (Lipinski definition) is 5. The van der Waals surface area contributed by atoms with Crippen LogP contribution in [0.1, 0.15) is 35.9 Å². The summed E-state index contributed by atoms with van der Waals surface area (Å²) in [5, 5.41) is 3.85. The van der Waals surface area contributed by atoms with Crippen LogP contribution in [0.5, 0.6) is 0 Å². The van der Waals surface area contributed by atoms with Gasteiger partial charge < -0.3 is 9.47 Å². The maximum Gasteiger partial charge on any atom is 0.417 e. The van der Waals surface area contributed by atoms with Crippen LogP contribution in [0.2, 0.25) is 0 Å². The van der Waals surface area contributed by atoms with E-state index < -0.39 is 35.8 Å². The molecule has 2 saturated heterocycles. The normalized spacial score (nSPS) is 20.8. The van der Waals surface area contributed by atoms with Gasteiger partial charge in [0, 0.05) is 24.0 Å². The highest BCUT2D eigenvalue weighted by Gasteiger charge is 2.45. The molecule has 0 aromatic heterocycles. The quantitative estimate of drug-likeness (QED) is 0.369. The Hall–Kier alpha value is -3.42. The van der Waals surface area contributed by atoms with E-state index in [9.17, 15) is 19.5 Å². The van der Waals surface area contributed by atoms with E-state index in [1.165, 1.54) is 12.1 Å². The largest absolute Gasteiger partial charge is 0.446 e. The van der Waals surface area contributed by atoms with E-state index in [4.69, 9.17) is 9.47 Å². The van der Waals surface area contributed by atoms with Gasteiger partial charge in [0.05, 0.1) is 0 Å². The number of benzene rings is 2. The lowest BCUT2D eigenvalue weighted by Crippen LogP contribution is -2.45. The molecule has 9 heteroatoms. The zero-order valence-electron chi connectivity index (χ0n) is 17.3. The zero-order valence-corrected chi connectivity index (χ0v) is 17.3. The van der Waals surface area contributed by atoms with Gasteiger partial charge in [-0.25, -0.2) is 14.1 Å². The maximum absolute atomic E-state index is 13.7.